The highest BCUT2D eigenvalue weighted by molar-refractivity contribution is 7.90. The molecule has 0 bridgehead atoms. The van der Waals surface area contributed by atoms with E-state index in [0.717, 1.165) is 11.1 Å². The van der Waals surface area contributed by atoms with Crippen LogP contribution >= 0.6 is 0 Å². The number of nitrogens with zero attached hydrogens (tertiary/aromatic N) is 3. The Kier molecular flexibility index (Phi) is 5.92. The summed E-state index contributed by atoms with van der Waals surface area (Å²) in [4.78, 5) is 7.97. The van der Waals surface area contributed by atoms with Gasteiger partial charge in [-0.1, -0.05) is 49.4 Å². The molecule has 9 heteroatoms. The molecule has 33 heavy (non-hydrogen) atoms. The first-order chi connectivity index (χ1) is 15.6. The van der Waals surface area contributed by atoms with E-state index in [4.69, 9.17) is 10.5 Å². The Labute approximate surface area is 192 Å². The van der Waals surface area contributed by atoms with E-state index in [-0.39, 0.29) is 30.0 Å². The minimum atomic E-state index is -3.93. The van der Waals surface area contributed by atoms with Gasteiger partial charge in [-0.2, -0.15) is 0 Å². The maximum Gasteiger partial charge on any atom is 0.267 e. The smallest absolute Gasteiger partial charge is 0.267 e. The average molecular weight is 469 g/mol. The second kappa shape index (κ2) is 8.55. The predicted octanol–water partition coefficient (Wildman–Crippen LogP) is 4.64. The standard InChI is InChI=1S/C24H25FN4O3S/c1-15(19-6-4-5-7-20(19)25)12-21-29-33(30,31)22(24(2,3)32-21)17-10-8-16(9-11-17)18-13-27-23(26)28-14-18/h4-11,13-15,22H,12H2,1-3H3,(H2,26,27,28)/t15-,22?/m1/s1. The molecule has 2 heterocycles. The van der Waals surface area contributed by atoms with Gasteiger partial charge in [-0.3, -0.25) is 0 Å². The van der Waals surface area contributed by atoms with Crippen LogP contribution in [0.3, 0.4) is 0 Å². The van der Waals surface area contributed by atoms with Gasteiger partial charge in [-0.15, -0.1) is 4.40 Å². The Morgan fingerprint density at radius 2 is 1.70 bits per heavy atom. The summed E-state index contributed by atoms with van der Waals surface area (Å²) in [6.45, 7) is 5.26. The van der Waals surface area contributed by atoms with Crippen molar-refractivity contribution in [3.8, 4) is 11.1 Å². The zero-order valence-electron chi connectivity index (χ0n) is 18.6. The molecule has 0 radical (unpaired) electrons. The van der Waals surface area contributed by atoms with Gasteiger partial charge < -0.3 is 10.5 Å². The van der Waals surface area contributed by atoms with E-state index in [1.807, 2.05) is 6.92 Å². The summed E-state index contributed by atoms with van der Waals surface area (Å²) in [7, 11) is -3.93. The van der Waals surface area contributed by atoms with Crippen LogP contribution in [0.5, 0.6) is 0 Å². The van der Waals surface area contributed by atoms with Gasteiger partial charge >= 0.3 is 0 Å². The van der Waals surface area contributed by atoms with Crippen LogP contribution in [0, 0.1) is 5.82 Å². The molecule has 7 nitrogen and oxygen atoms in total. The molecule has 0 spiro atoms. The Morgan fingerprint density at radius 1 is 1.06 bits per heavy atom. The van der Waals surface area contributed by atoms with E-state index in [1.165, 1.54) is 6.07 Å². The lowest BCUT2D eigenvalue weighted by Crippen LogP contribution is -2.43. The molecule has 1 aromatic heterocycles. The number of hydrogen-bond donors (Lipinski definition) is 1. The van der Waals surface area contributed by atoms with Crippen molar-refractivity contribution in [2.24, 2.45) is 4.40 Å². The molecule has 0 fully saturated rings. The summed E-state index contributed by atoms with van der Waals surface area (Å²) in [6, 6.07) is 13.5. The van der Waals surface area contributed by atoms with Crippen molar-refractivity contribution in [3.63, 3.8) is 0 Å². The van der Waals surface area contributed by atoms with Gasteiger partial charge in [-0.25, -0.2) is 22.8 Å². The zero-order valence-corrected chi connectivity index (χ0v) is 19.4. The summed E-state index contributed by atoms with van der Waals surface area (Å²) in [6.07, 6.45) is 3.39. The molecule has 2 atom stereocenters. The Bertz CT molecular complexity index is 1290. The predicted molar refractivity (Wildman–Crippen MR) is 126 cm³/mol. The van der Waals surface area contributed by atoms with E-state index in [0.29, 0.717) is 11.1 Å². The fourth-order valence-corrected chi connectivity index (χ4v) is 5.93. The number of sulfonamides is 1. The first-order valence-electron chi connectivity index (χ1n) is 10.5. The van der Waals surface area contributed by atoms with Crippen molar-refractivity contribution in [3.05, 3.63) is 77.9 Å². The maximum absolute atomic E-state index is 14.1. The van der Waals surface area contributed by atoms with Crippen molar-refractivity contribution in [2.45, 2.75) is 44.0 Å². The van der Waals surface area contributed by atoms with Crippen LogP contribution < -0.4 is 5.73 Å². The number of nitrogens with two attached hydrogens (primary N) is 1. The number of nitrogen functional groups attached to an aromatic ring is 1. The highest BCUT2D eigenvalue weighted by atomic mass is 32.2. The number of hydrogen-bond acceptors (Lipinski definition) is 6. The van der Waals surface area contributed by atoms with Gasteiger partial charge in [0, 0.05) is 24.4 Å². The molecule has 0 saturated carbocycles. The van der Waals surface area contributed by atoms with Crippen molar-refractivity contribution >= 4 is 21.9 Å². The lowest BCUT2D eigenvalue weighted by atomic mass is 9.94. The number of anilines is 1. The van der Waals surface area contributed by atoms with E-state index in [2.05, 4.69) is 14.4 Å². The average Bonchev–Trinajstić information content (AvgIpc) is 2.73. The van der Waals surface area contributed by atoms with Gasteiger partial charge in [0.2, 0.25) is 11.8 Å². The van der Waals surface area contributed by atoms with Crippen molar-refractivity contribution in [1.82, 2.24) is 9.97 Å². The molecule has 0 aliphatic carbocycles. The van der Waals surface area contributed by atoms with Crippen LogP contribution in [0.25, 0.3) is 11.1 Å². The molecule has 172 valence electrons. The third kappa shape index (κ3) is 4.73. The topological polar surface area (TPSA) is 108 Å². The highest BCUT2D eigenvalue weighted by Crippen LogP contribution is 2.42. The monoisotopic (exact) mass is 468 g/mol. The van der Waals surface area contributed by atoms with Gasteiger partial charge in [-0.05, 0) is 42.5 Å². The molecule has 1 aliphatic rings. The van der Waals surface area contributed by atoms with Crippen LogP contribution in [0.4, 0.5) is 10.3 Å². The molecule has 1 aliphatic heterocycles. The number of aromatic nitrogens is 2. The minimum Gasteiger partial charge on any atom is -0.472 e. The number of benzene rings is 2. The van der Waals surface area contributed by atoms with Crippen molar-refractivity contribution < 1.29 is 17.5 Å². The van der Waals surface area contributed by atoms with Gasteiger partial charge in [0.15, 0.2) is 0 Å². The van der Waals surface area contributed by atoms with Crippen LogP contribution in [0.1, 0.15) is 49.5 Å². The quantitative estimate of drug-likeness (QED) is 0.585. The Hall–Kier alpha value is -3.33. The first-order valence-corrected chi connectivity index (χ1v) is 12.0. The molecule has 0 saturated heterocycles. The summed E-state index contributed by atoms with van der Waals surface area (Å²) in [5.74, 6) is -0.370. The van der Waals surface area contributed by atoms with Gasteiger partial charge in [0.05, 0.1) is 0 Å². The number of halogens is 1. The Balaban J connectivity index is 1.61. The number of ether oxygens (including phenoxy) is 1. The van der Waals surface area contributed by atoms with Gasteiger partial charge in [0.1, 0.15) is 16.7 Å². The molecular formula is C24H25FN4O3S. The summed E-state index contributed by atoms with van der Waals surface area (Å²) < 4.78 is 50.6. The lowest BCUT2D eigenvalue weighted by Gasteiger charge is -2.37. The van der Waals surface area contributed by atoms with Crippen LogP contribution in [0.15, 0.2) is 65.3 Å². The first kappa shape index (κ1) is 22.8. The number of rotatable bonds is 5. The molecule has 2 N–H and O–H groups in total. The summed E-state index contributed by atoms with van der Waals surface area (Å²) >= 11 is 0. The van der Waals surface area contributed by atoms with Crippen molar-refractivity contribution in [2.75, 3.05) is 5.73 Å². The third-order valence-electron chi connectivity index (χ3n) is 5.67. The molecule has 2 aromatic carbocycles. The van der Waals surface area contributed by atoms with E-state index < -0.39 is 20.9 Å². The second-order valence-electron chi connectivity index (χ2n) is 8.66. The lowest BCUT2D eigenvalue weighted by molar-refractivity contribution is 0.0803. The summed E-state index contributed by atoms with van der Waals surface area (Å²) in [5, 5.41) is -0.991. The Morgan fingerprint density at radius 3 is 2.30 bits per heavy atom. The van der Waals surface area contributed by atoms with E-state index >= 15 is 0 Å². The summed E-state index contributed by atoms with van der Waals surface area (Å²) in [5.41, 5.74) is 7.10. The maximum atomic E-state index is 14.1. The normalized spacial score (nSPS) is 19.9. The van der Waals surface area contributed by atoms with E-state index in [9.17, 15) is 12.8 Å². The molecular weight excluding hydrogens is 443 g/mol. The van der Waals surface area contributed by atoms with Crippen LogP contribution in [0.2, 0.25) is 0 Å². The molecule has 1 unspecified atom stereocenters. The minimum absolute atomic E-state index is 0.0858. The molecule has 4 rings (SSSR count). The second-order valence-corrected chi connectivity index (χ2v) is 10.3. The molecule has 0 amide bonds. The van der Waals surface area contributed by atoms with Crippen molar-refractivity contribution in [1.29, 1.82) is 0 Å². The highest BCUT2D eigenvalue weighted by Gasteiger charge is 2.47. The van der Waals surface area contributed by atoms with Crippen LogP contribution in [-0.4, -0.2) is 29.9 Å². The largest absolute Gasteiger partial charge is 0.472 e. The molecule has 3 aromatic rings. The van der Waals surface area contributed by atoms with E-state index in [1.54, 1.807) is 68.7 Å². The third-order valence-corrected chi connectivity index (χ3v) is 7.57. The van der Waals surface area contributed by atoms with Gasteiger partial charge in [0.25, 0.3) is 10.0 Å². The fraction of sp³-hybridized carbons (Fsp3) is 0.292. The SMILES string of the molecule is C[C@H](CC1=NS(=O)(=O)C(c2ccc(-c3cnc(N)nc3)cc2)C(C)(C)O1)c1ccccc1F. The zero-order chi connectivity index (χ0) is 23.8. The fourth-order valence-electron chi connectivity index (χ4n) is 4.17. The van der Waals surface area contributed by atoms with Crippen LogP contribution in [-0.2, 0) is 14.8 Å².